The second kappa shape index (κ2) is 8.32. The summed E-state index contributed by atoms with van der Waals surface area (Å²) in [7, 11) is -1.19. The van der Waals surface area contributed by atoms with E-state index in [9.17, 15) is 13.2 Å². The molecule has 2 N–H and O–H groups in total. The first-order valence-electron chi connectivity index (χ1n) is 7.65. The van der Waals surface area contributed by atoms with Crippen molar-refractivity contribution in [1.82, 2.24) is 4.72 Å². The van der Waals surface area contributed by atoms with Crippen LogP contribution >= 0.6 is 0 Å². The van der Waals surface area contributed by atoms with Crippen molar-refractivity contribution in [3.63, 3.8) is 0 Å². The highest BCUT2D eigenvalue weighted by molar-refractivity contribution is 7.89. The Kier molecular flexibility index (Phi) is 6.40. The van der Waals surface area contributed by atoms with E-state index in [2.05, 4.69) is 4.72 Å². The molecule has 0 aliphatic carbocycles. The molecule has 25 heavy (non-hydrogen) atoms. The van der Waals surface area contributed by atoms with E-state index in [0.29, 0.717) is 12.2 Å². The summed E-state index contributed by atoms with van der Waals surface area (Å²) in [4.78, 5) is 10.6. The van der Waals surface area contributed by atoms with Gasteiger partial charge in [-0.15, -0.1) is 0 Å². The Morgan fingerprint density at radius 3 is 2.72 bits per heavy atom. The minimum Gasteiger partial charge on any atom is -0.493 e. The number of aliphatic carboxylic acids is 1. The third-order valence-electron chi connectivity index (χ3n) is 3.70. The molecule has 1 aliphatic rings. The maximum Gasteiger partial charge on any atom is 0.328 e. The highest BCUT2D eigenvalue weighted by Gasteiger charge is 2.25. The van der Waals surface area contributed by atoms with E-state index in [-0.39, 0.29) is 29.0 Å². The summed E-state index contributed by atoms with van der Waals surface area (Å²) in [5.41, 5.74) is 0.359. The van der Waals surface area contributed by atoms with Crippen LogP contribution in [0.4, 0.5) is 0 Å². The summed E-state index contributed by atoms with van der Waals surface area (Å²) in [6, 6.07) is 2.83. The maximum absolute atomic E-state index is 12.7. The molecular weight excluding hydrogens is 350 g/mol. The number of hydrogen-bond donors (Lipinski definition) is 2. The van der Waals surface area contributed by atoms with E-state index in [1.54, 1.807) is 0 Å². The number of hydrogen-bond acceptors (Lipinski definition) is 6. The van der Waals surface area contributed by atoms with Crippen molar-refractivity contribution < 1.29 is 32.5 Å². The van der Waals surface area contributed by atoms with Crippen molar-refractivity contribution in [3.8, 4) is 11.5 Å². The molecule has 1 heterocycles. The number of rotatable bonds is 8. The number of sulfonamides is 1. The molecule has 9 heteroatoms. The van der Waals surface area contributed by atoms with Gasteiger partial charge in [0.1, 0.15) is 4.90 Å². The fraction of sp³-hybridized carbons (Fsp3) is 0.438. The van der Waals surface area contributed by atoms with Crippen LogP contribution in [0.15, 0.2) is 23.1 Å². The predicted molar refractivity (Wildman–Crippen MR) is 90.4 cm³/mol. The lowest BCUT2D eigenvalue weighted by molar-refractivity contribution is -0.131. The molecule has 0 spiro atoms. The second-order valence-corrected chi connectivity index (χ2v) is 7.15. The number of methoxy groups -OCH3 is 2. The summed E-state index contributed by atoms with van der Waals surface area (Å²) in [5, 5.41) is 8.75. The summed E-state index contributed by atoms with van der Waals surface area (Å²) in [5.74, 6) is -0.905. The minimum atomic E-state index is -3.90. The SMILES string of the molecule is COc1cc(/C=C/C(=O)O)cc(S(=O)(=O)NC[C@H]2CCCO2)c1OC. The Balaban J connectivity index is 2.37. The Labute approximate surface area is 146 Å². The first kappa shape index (κ1) is 19.2. The lowest BCUT2D eigenvalue weighted by Gasteiger charge is -2.16. The van der Waals surface area contributed by atoms with E-state index < -0.39 is 16.0 Å². The fourth-order valence-electron chi connectivity index (χ4n) is 2.50. The highest BCUT2D eigenvalue weighted by atomic mass is 32.2. The molecule has 1 aliphatic heterocycles. The first-order valence-corrected chi connectivity index (χ1v) is 9.14. The van der Waals surface area contributed by atoms with Crippen LogP contribution in [0, 0.1) is 0 Å². The van der Waals surface area contributed by atoms with Crippen LogP contribution in [0.5, 0.6) is 11.5 Å². The highest BCUT2D eigenvalue weighted by Crippen LogP contribution is 2.36. The van der Waals surface area contributed by atoms with Gasteiger partial charge in [-0.05, 0) is 36.6 Å². The molecule has 8 nitrogen and oxygen atoms in total. The number of benzene rings is 1. The Morgan fingerprint density at radius 1 is 1.40 bits per heavy atom. The molecule has 1 aromatic rings. The zero-order valence-electron chi connectivity index (χ0n) is 14.0. The van der Waals surface area contributed by atoms with Gasteiger partial charge in [0, 0.05) is 19.2 Å². The number of carboxylic acids is 1. The molecule has 1 fully saturated rings. The standard InChI is InChI=1S/C16H21NO7S/c1-22-13-8-11(5-6-15(18)19)9-14(16(13)23-2)25(20,21)17-10-12-4-3-7-24-12/h5-6,8-9,12,17H,3-4,7,10H2,1-2H3,(H,18,19)/b6-5+/t12-/m1/s1. The monoisotopic (exact) mass is 371 g/mol. The molecule has 138 valence electrons. The Morgan fingerprint density at radius 2 is 2.16 bits per heavy atom. The van der Waals surface area contributed by atoms with Gasteiger partial charge >= 0.3 is 5.97 Å². The van der Waals surface area contributed by atoms with Crippen LogP contribution in [0.1, 0.15) is 18.4 Å². The largest absolute Gasteiger partial charge is 0.493 e. The molecule has 1 atom stereocenters. The van der Waals surface area contributed by atoms with Crippen molar-refractivity contribution >= 4 is 22.1 Å². The van der Waals surface area contributed by atoms with Gasteiger partial charge in [0.15, 0.2) is 11.5 Å². The third kappa shape index (κ3) is 4.94. The minimum absolute atomic E-state index is 0.0508. The fourth-order valence-corrected chi connectivity index (χ4v) is 3.78. The molecule has 1 saturated heterocycles. The number of ether oxygens (including phenoxy) is 3. The lowest BCUT2D eigenvalue weighted by Crippen LogP contribution is -2.32. The smallest absolute Gasteiger partial charge is 0.328 e. The summed E-state index contributed by atoms with van der Waals surface area (Å²) >= 11 is 0. The molecular formula is C16H21NO7S. The van der Waals surface area contributed by atoms with Crippen LogP contribution in [0.3, 0.4) is 0 Å². The van der Waals surface area contributed by atoms with Gasteiger partial charge in [0.05, 0.1) is 20.3 Å². The van der Waals surface area contributed by atoms with Gasteiger partial charge in [-0.1, -0.05) is 0 Å². The normalized spacial score (nSPS) is 17.8. The van der Waals surface area contributed by atoms with Gasteiger partial charge < -0.3 is 19.3 Å². The van der Waals surface area contributed by atoms with Gasteiger partial charge in [-0.25, -0.2) is 17.9 Å². The molecule has 1 aromatic carbocycles. The number of carboxylic acid groups (broad SMARTS) is 1. The average molecular weight is 371 g/mol. The Bertz CT molecular complexity index is 752. The van der Waals surface area contributed by atoms with Crippen molar-refractivity contribution in [2.75, 3.05) is 27.4 Å². The van der Waals surface area contributed by atoms with Crippen molar-refractivity contribution in [2.45, 2.75) is 23.8 Å². The molecule has 0 unspecified atom stereocenters. The molecule has 0 aromatic heterocycles. The van der Waals surface area contributed by atoms with Crippen molar-refractivity contribution in [2.24, 2.45) is 0 Å². The molecule has 2 rings (SSSR count). The average Bonchev–Trinajstić information content (AvgIpc) is 3.10. The second-order valence-electron chi connectivity index (χ2n) is 5.41. The van der Waals surface area contributed by atoms with Crippen molar-refractivity contribution in [3.05, 3.63) is 23.8 Å². The zero-order valence-corrected chi connectivity index (χ0v) is 14.8. The van der Waals surface area contributed by atoms with E-state index in [0.717, 1.165) is 18.9 Å². The van der Waals surface area contributed by atoms with Gasteiger partial charge in [-0.3, -0.25) is 0 Å². The molecule has 0 amide bonds. The number of carbonyl (C=O) groups is 1. The zero-order chi connectivity index (χ0) is 18.4. The van der Waals surface area contributed by atoms with E-state index in [1.165, 1.54) is 32.4 Å². The van der Waals surface area contributed by atoms with Crippen LogP contribution in [-0.2, 0) is 19.6 Å². The number of nitrogens with one attached hydrogen (secondary N) is 1. The van der Waals surface area contributed by atoms with Gasteiger partial charge in [0.2, 0.25) is 10.0 Å². The van der Waals surface area contributed by atoms with E-state index in [1.807, 2.05) is 0 Å². The van der Waals surface area contributed by atoms with Crippen molar-refractivity contribution in [1.29, 1.82) is 0 Å². The van der Waals surface area contributed by atoms with Crippen LogP contribution in [0.2, 0.25) is 0 Å². The molecule has 0 radical (unpaired) electrons. The predicted octanol–water partition coefficient (Wildman–Crippen LogP) is 1.26. The summed E-state index contributed by atoms with van der Waals surface area (Å²) in [6.45, 7) is 0.780. The quantitative estimate of drug-likeness (QED) is 0.662. The van der Waals surface area contributed by atoms with Gasteiger partial charge in [-0.2, -0.15) is 0 Å². The van der Waals surface area contributed by atoms with E-state index >= 15 is 0 Å². The van der Waals surface area contributed by atoms with Gasteiger partial charge in [0.25, 0.3) is 0 Å². The van der Waals surface area contributed by atoms with Crippen LogP contribution in [-0.4, -0.2) is 53.0 Å². The van der Waals surface area contributed by atoms with E-state index in [4.69, 9.17) is 19.3 Å². The van der Waals surface area contributed by atoms with Crippen LogP contribution in [0.25, 0.3) is 6.08 Å². The first-order chi connectivity index (χ1) is 11.9. The Hall–Kier alpha value is -2.10. The van der Waals surface area contributed by atoms with Crippen LogP contribution < -0.4 is 14.2 Å². The molecule has 0 saturated carbocycles. The topological polar surface area (TPSA) is 111 Å². The summed E-state index contributed by atoms with van der Waals surface area (Å²) in [6.07, 6.45) is 3.74. The molecule has 0 bridgehead atoms. The summed E-state index contributed by atoms with van der Waals surface area (Å²) < 4.78 is 43.7. The lowest BCUT2D eigenvalue weighted by atomic mass is 10.2. The maximum atomic E-state index is 12.7. The third-order valence-corrected chi connectivity index (χ3v) is 5.13.